The van der Waals surface area contributed by atoms with E-state index in [0.717, 1.165) is 0 Å². The molecule has 0 aromatic heterocycles. The second kappa shape index (κ2) is 7.31. The Morgan fingerprint density at radius 2 is 2.10 bits per heavy atom. The minimum Gasteiger partial charge on any atom is -0.390 e. The van der Waals surface area contributed by atoms with Gasteiger partial charge in [0.25, 0.3) is 0 Å². The molecule has 0 spiro atoms. The van der Waals surface area contributed by atoms with Gasteiger partial charge in [-0.05, 0) is 68.3 Å². The van der Waals surface area contributed by atoms with Crippen molar-refractivity contribution in [2.75, 3.05) is 18.4 Å². The highest BCUT2D eigenvalue weighted by molar-refractivity contribution is 7.97. The van der Waals surface area contributed by atoms with E-state index >= 15 is 0 Å². The van der Waals surface area contributed by atoms with Crippen LogP contribution in [0.2, 0.25) is 0 Å². The summed E-state index contributed by atoms with van der Waals surface area (Å²) >= 11 is 1.56. The van der Waals surface area contributed by atoms with Gasteiger partial charge in [0.05, 0.1) is 6.10 Å². The van der Waals surface area contributed by atoms with Crippen LogP contribution in [-0.2, 0) is 0 Å². The van der Waals surface area contributed by atoms with Crippen molar-refractivity contribution in [2.45, 2.75) is 50.2 Å². The zero-order chi connectivity index (χ0) is 14.5. The first-order valence-corrected chi connectivity index (χ1v) is 8.08. The third-order valence-corrected chi connectivity index (χ3v) is 4.95. The quantitative estimate of drug-likeness (QED) is 0.581. The molecule has 0 heterocycles. The third kappa shape index (κ3) is 3.88. The minimum absolute atomic E-state index is 0.288. The van der Waals surface area contributed by atoms with E-state index in [1.165, 1.54) is 41.0 Å². The Hall–Kier alpha value is -0.750. The Morgan fingerprint density at radius 1 is 1.35 bits per heavy atom. The van der Waals surface area contributed by atoms with E-state index in [0.29, 0.717) is 12.6 Å². The normalized spacial score (nSPS) is 16.8. The number of aliphatic hydroxyl groups excluding tert-OH is 1. The smallest absolute Gasteiger partial charge is 0.0796 e. The van der Waals surface area contributed by atoms with Gasteiger partial charge in [-0.25, -0.2) is 0 Å². The van der Waals surface area contributed by atoms with Crippen LogP contribution in [-0.4, -0.2) is 30.3 Å². The molecule has 1 atom stereocenters. The van der Waals surface area contributed by atoms with Gasteiger partial charge in [-0.1, -0.05) is 0 Å². The summed E-state index contributed by atoms with van der Waals surface area (Å²) < 4.78 is 3.17. The fourth-order valence-electron chi connectivity index (χ4n) is 2.13. The molecule has 5 heteroatoms. The van der Waals surface area contributed by atoms with E-state index in [1.807, 2.05) is 0 Å². The second-order valence-electron chi connectivity index (χ2n) is 5.47. The van der Waals surface area contributed by atoms with Crippen molar-refractivity contribution in [3.63, 3.8) is 0 Å². The number of rotatable bonds is 7. The predicted octanol–water partition coefficient (Wildman–Crippen LogP) is 2.18. The fourth-order valence-corrected chi connectivity index (χ4v) is 3.01. The van der Waals surface area contributed by atoms with Gasteiger partial charge in [-0.3, -0.25) is 4.72 Å². The number of nitrogens with two attached hydrogens (primary N) is 1. The molecule has 1 aromatic carbocycles. The van der Waals surface area contributed by atoms with Gasteiger partial charge in [-0.2, -0.15) is 0 Å². The van der Waals surface area contributed by atoms with Crippen molar-refractivity contribution in [3.05, 3.63) is 23.3 Å². The van der Waals surface area contributed by atoms with Crippen LogP contribution >= 0.6 is 11.9 Å². The van der Waals surface area contributed by atoms with E-state index in [2.05, 4.69) is 36.0 Å². The van der Waals surface area contributed by atoms with Crippen molar-refractivity contribution >= 4 is 17.6 Å². The van der Waals surface area contributed by atoms with E-state index in [-0.39, 0.29) is 6.54 Å². The lowest BCUT2D eigenvalue weighted by Crippen LogP contribution is -2.29. The summed E-state index contributed by atoms with van der Waals surface area (Å²) in [6.45, 7) is 5.09. The molecule has 5 N–H and O–H groups in total. The van der Waals surface area contributed by atoms with E-state index < -0.39 is 6.10 Å². The maximum absolute atomic E-state index is 9.43. The molecule has 1 unspecified atom stereocenters. The zero-order valence-corrected chi connectivity index (χ0v) is 13.1. The molecule has 1 fully saturated rings. The molecular formula is C15H25N3OS. The van der Waals surface area contributed by atoms with Gasteiger partial charge in [-0.15, -0.1) is 0 Å². The van der Waals surface area contributed by atoms with Crippen LogP contribution in [0.25, 0.3) is 0 Å². The summed E-state index contributed by atoms with van der Waals surface area (Å²) in [7, 11) is 0. The lowest BCUT2D eigenvalue weighted by Gasteiger charge is -2.29. The molecule has 1 aromatic rings. The van der Waals surface area contributed by atoms with Crippen molar-refractivity contribution in [1.29, 1.82) is 0 Å². The molecule has 0 amide bonds. The molecule has 0 aliphatic heterocycles. The van der Waals surface area contributed by atoms with E-state index in [9.17, 15) is 5.11 Å². The van der Waals surface area contributed by atoms with Crippen molar-refractivity contribution in [1.82, 2.24) is 4.72 Å². The average Bonchev–Trinajstić information content (AvgIpc) is 2.40. The van der Waals surface area contributed by atoms with Crippen LogP contribution in [0, 0.1) is 13.8 Å². The molecule has 1 aliphatic carbocycles. The van der Waals surface area contributed by atoms with Crippen LogP contribution in [0.1, 0.15) is 30.4 Å². The van der Waals surface area contributed by atoms with E-state index in [1.54, 1.807) is 11.9 Å². The summed E-state index contributed by atoms with van der Waals surface area (Å²) in [4.78, 5) is 1.20. The van der Waals surface area contributed by atoms with Crippen LogP contribution in [0.3, 0.4) is 0 Å². The summed E-state index contributed by atoms with van der Waals surface area (Å²) in [6, 6.07) is 4.95. The van der Waals surface area contributed by atoms with Gasteiger partial charge in [0, 0.05) is 29.7 Å². The topological polar surface area (TPSA) is 70.3 Å². The minimum atomic E-state index is -0.483. The Labute approximate surface area is 125 Å². The van der Waals surface area contributed by atoms with Gasteiger partial charge >= 0.3 is 0 Å². The first-order chi connectivity index (χ1) is 9.61. The molecule has 1 saturated carbocycles. The number of nitrogens with one attached hydrogen (secondary N) is 2. The Balaban J connectivity index is 1.94. The Kier molecular flexibility index (Phi) is 5.72. The fraction of sp³-hybridized carbons (Fsp3) is 0.600. The highest BCUT2D eigenvalue weighted by Crippen LogP contribution is 2.30. The molecule has 0 saturated heterocycles. The number of hydrogen-bond acceptors (Lipinski definition) is 5. The second-order valence-corrected chi connectivity index (χ2v) is 6.41. The molecule has 0 bridgehead atoms. The zero-order valence-electron chi connectivity index (χ0n) is 12.3. The van der Waals surface area contributed by atoms with E-state index in [4.69, 9.17) is 5.73 Å². The average molecular weight is 295 g/mol. The molecule has 20 heavy (non-hydrogen) atoms. The summed E-state index contributed by atoms with van der Waals surface area (Å²) in [5.41, 5.74) is 9.23. The highest BCUT2D eigenvalue weighted by atomic mass is 32.2. The molecule has 2 rings (SSSR count). The molecule has 1 aliphatic rings. The van der Waals surface area contributed by atoms with Gasteiger partial charge in [0.1, 0.15) is 0 Å². The standard InChI is InChI=1S/C15H25N3OS/c1-10-11(2)15(20-17-9-13(19)8-16)7-6-14(10)18-12-4-3-5-12/h6-7,12-13,17-19H,3-5,8-9,16H2,1-2H3. The lowest BCUT2D eigenvalue weighted by atomic mass is 9.92. The van der Waals surface area contributed by atoms with Crippen LogP contribution in [0.4, 0.5) is 5.69 Å². The predicted molar refractivity (Wildman–Crippen MR) is 86.1 cm³/mol. The van der Waals surface area contributed by atoms with Gasteiger partial charge in [0.2, 0.25) is 0 Å². The lowest BCUT2D eigenvalue weighted by molar-refractivity contribution is 0.188. The first-order valence-electron chi connectivity index (χ1n) is 7.26. The van der Waals surface area contributed by atoms with Crippen LogP contribution in [0.15, 0.2) is 17.0 Å². The number of anilines is 1. The largest absolute Gasteiger partial charge is 0.390 e. The SMILES string of the molecule is Cc1c(NC2CCC2)ccc(SNCC(O)CN)c1C. The summed E-state index contributed by atoms with van der Waals surface area (Å²) in [6.07, 6.45) is 3.43. The third-order valence-electron chi connectivity index (χ3n) is 3.98. The van der Waals surface area contributed by atoms with Crippen molar-refractivity contribution < 1.29 is 5.11 Å². The Morgan fingerprint density at radius 3 is 2.70 bits per heavy atom. The number of aliphatic hydroxyl groups is 1. The number of hydrogen-bond donors (Lipinski definition) is 4. The maximum Gasteiger partial charge on any atom is 0.0796 e. The van der Waals surface area contributed by atoms with Crippen molar-refractivity contribution in [2.24, 2.45) is 5.73 Å². The van der Waals surface area contributed by atoms with Gasteiger partial charge < -0.3 is 16.2 Å². The first kappa shape index (κ1) is 15.6. The molecule has 0 radical (unpaired) electrons. The molecular weight excluding hydrogens is 270 g/mol. The maximum atomic E-state index is 9.43. The monoisotopic (exact) mass is 295 g/mol. The highest BCUT2D eigenvalue weighted by Gasteiger charge is 2.18. The van der Waals surface area contributed by atoms with Gasteiger partial charge in [0.15, 0.2) is 0 Å². The van der Waals surface area contributed by atoms with Crippen LogP contribution < -0.4 is 15.8 Å². The summed E-state index contributed by atoms with van der Waals surface area (Å²) in [5, 5.41) is 13.0. The molecule has 4 nitrogen and oxygen atoms in total. The van der Waals surface area contributed by atoms with Crippen LogP contribution in [0.5, 0.6) is 0 Å². The summed E-state index contributed by atoms with van der Waals surface area (Å²) in [5.74, 6) is 0. The van der Waals surface area contributed by atoms with Crippen molar-refractivity contribution in [3.8, 4) is 0 Å². The Bertz CT molecular complexity index is 449. The molecule has 112 valence electrons. The number of benzene rings is 1.